The maximum atomic E-state index is 12.6. The number of hydrogen-bond donors (Lipinski definition) is 4. The molecule has 0 bridgehead atoms. The Morgan fingerprint density at radius 2 is 1.70 bits per heavy atom. The van der Waals surface area contributed by atoms with E-state index in [0.29, 0.717) is 17.4 Å². The Morgan fingerprint density at radius 3 is 2.23 bits per heavy atom. The number of benzene rings is 1. The van der Waals surface area contributed by atoms with Crippen molar-refractivity contribution in [3.05, 3.63) is 40.7 Å². The molecule has 2 aromatic rings. The quantitative estimate of drug-likeness (QED) is 0.450. The van der Waals surface area contributed by atoms with Crippen LogP contribution in [0.2, 0.25) is 5.02 Å². The van der Waals surface area contributed by atoms with Crippen molar-refractivity contribution >= 4 is 39.2 Å². The smallest absolute Gasteiger partial charge is 0.333 e. The standard InChI is InChI=1S/C19H27ClN6O3S/c1-11(2)14-6-13(20)7-15(12(3)4)18(14)25-19(27)26-30(28,29)17-9-22-8-16(24-17)23-10-21-5/h6-9,11-12,21H,10H2,1-5H3,(H,23,24)(H2,25,26,27). The average Bonchev–Trinajstić information content (AvgIpc) is 2.66. The van der Waals surface area contributed by atoms with Crippen LogP contribution in [0.25, 0.3) is 0 Å². The van der Waals surface area contributed by atoms with Gasteiger partial charge in [0, 0.05) is 10.7 Å². The summed E-state index contributed by atoms with van der Waals surface area (Å²) in [6.45, 7) is 8.24. The van der Waals surface area contributed by atoms with Gasteiger partial charge in [0.25, 0.3) is 10.0 Å². The van der Waals surface area contributed by atoms with Crippen molar-refractivity contribution < 1.29 is 13.2 Å². The van der Waals surface area contributed by atoms with Gasteiger partial charge in [-0.3, -0.25) is 4.98 Å². The maximum absolute atomic E-state index is 12.6. The van der Waals surface area contributed by atoms with Gasteiger partial charge in [-0.2, -0.15) is 8.42 Å². The van der Waals surface area contributed by atoms with Crippen molar-refractivity contribution in [1.82, 2.24) is 20.0 Å². The summed E-state index contributed by atoms with van der Waals surface area (Å²) < 4.78 is 27.2. The van der Waals surface area contributed by atoms with E-state index in [-0.39, 0.29) is 22.7 Å². The van der Waals surface area contributed by atoms with E-state index >= 15 is 0 Å². The van der Waals surface area contributed by atoms with Crippen LogP contribution in [0.15, 0.2) is 29.6 Å². The molecule has 0 aliphatic carbocycles. The molecule has 164 valence electrons. The van der Waals surface area contributed by atoms with E-state index in [1.807, 2.05) is 32.4 Å². The van der Waals surface area contributed by atoms with Crippen LogP contribution in [-0.2, 0) is 10.0 Å². The molecular formula is C19H27ClN6O3S. The summed E-state index contributed by atoms with van der Waals surface area (Å²) in [5, 5.41) is 8.57. The highest BCUT2D eigenvalue weighted by molar-refractivity contribution is 7.90. The Labute approximate surface area is 182 Å². The molecule has 11 heteroatoms. The zero-order valence-electron chi connectivity index (χ0n) is 17.6. The summed E-state index contributed by atoms with van der Waals surface area (Å²) in [6, 6.07) is 2.64. The van der Waals surface area contributed by atoms with Crippen molar-refractivity contribution in [3.63, 3.8) is 0 Å². The first-order valence-electron chi connectivity index (χ1n) is 9.42. The van der Waals surface area contributed by atoms with E-state index < -0.39 is 16.1 Å². The molecule has 1 aromatic carbocycles. The van der Waals surface area contributed by atoms with Crippen molar-refractivity contribution in [2.24, 2.45) is 0 Å². The van der Waals surface area contributed by atoms with Gasteiger partial charge < -0.3 is 16.0 Å². The molecular weight excluding hydrogens is 428 g/mol. The molecule has 0 aliphatic heterocycles. The summed E-state index contributed by atoms with van der Waals surface area (Å²) in [5.74, 6) is 0.386. The number of hydrogen-bond acceptors (Lipinski definition) is 7. The van der Waals surface area contributed by atoms with Crippen LogP contribution in [-0.4, -0.2) is 38.1 Å². The van der Waals surface area contributed by atoms with Crippen molar-refractivity contribution in [3.8, 4) is 0 Å². The summed E-state index contributed by atoms with van der Waals surface area (Å²) >= 11 is 6.23. The number of urea groups is 1. The number of rotatable bonds is 8. The molecule has 2 amide bonds. The number of anilines is 2. The topological polar surface area (TPSA) is 125 Å². The lowest BCUT2D eigenvalue weighted by Crippen LogP contribution is -2.35. The minimum atomic E-state index is -4.22. The molecule has 0 aliphatic rings. The largest absolute Gasteiger partial charge is 0.356 e. The fourth-order valence-electron chi connectivity index (χ4n) is 2.76. The second-order valence-electron chi connectivity index (χ2n) is 7.28. The second-order valence-corrected chi connectivity index (χ2v) is 9.34. The first kappa shape index (κ1) is 23.8. The summed E-state index contributed by atoms with van der Waals surface area (Å²) in [5.41, 5.74) is 2.18. The van der Waals surface area contributed by atoms with Crippen LogP contribution in [0.1, 0.15) is 50.7 Å². The third-order valence-electron chi connectivity index (χ3n) is 4.21. The minimum absolute atomic E-state index is 0.0638. The van der Waals surface area contributed by atoms with Gasteiger partial charge in [-0.15, -0.1) is 0 Å². The van der Waals surface area contributed by atoms with Crippen molar-refractivity contribution in [1.29, 1.82) is 0 Å². The third kappa shape index (κ3) is 6.04. The van der Waals surface area contributed by atoms with Crippen LogP contribution < -0.4 is 20.7 Å². The summed E-state index contributed by atoms with van der Waals surface area (Å²) in [6.07, 6.45) is 2.45. The van der Waals surface area contributed by atoms with Gasteiger partial charge in [-0.05, 0) is 42.1 Å². The number of amides is 2. The highest BCUT2D eigenvalue weighted by Gasteiger charge is 2.23. The fraction of sp³-hybridized carbons (Fsp3) is 0.421. The first-order valence-corrected chi connectivity index (χ1v) is 11.3. The van der Waals surface area contributed by atoms with E-state index in [1.165, 1.54) is 6.20 Å². The predicted molar refractivity (Wildman–Crippen MR) is 119 cm³/mol. The highest BCUT2D eigenvalue weighted by atomic mass is 35.5. The molecule has 0 atom stereocenters. The zero-order valence-corrected chi connectivity index (χ0v) is 19.1. The molecule has 0 unspecified atom stereocenters. The summed E-state index contributed by atoms with van der Waals surface area (Å²) in [7, 11) is -2.50. The molecule has 1 aromatic heterocycles. The summed E-state index contributed by atoms with van der Waals surface area (Å²) in [4.78, 5) is 20.4. The Balaban J connectivity index is 2.29. The van der Waals surface area contributed by atoms with Crippen LogP contribution in [0, 0.1) is 0 Å². The van der Waals surface area contributed by atoms with Gasteiger partial charge in [-0.1, -0.05) is 39.3 Å². The van der Waals surface area contributed by atoms with E-state index in [0.717, 1.165) is 17.3 Å². The predicted octanol–water partition coefficient (Wildman–Crippen LogP) is 3.48. The van der Waals surface area contributed by atoms with Gasteiger partial charge in [0.1, 0.15) is 5.82 Å². The van der Waals surface area contributed by atoms with Gasteiger partial charge in [-0.25, -0.2) is 14.5 Å². The van der Waals surface area contributed by atoms with Gasteiger partial charge >= 0.3 is 6.03 Å². The Kier molecular flexibility index (Phi) is 7.99. The van der Waals surface area contributed by atoms with E-state index in [4.69, 9.17) is 11.6 Å². The molecule has 0 saturated carbocycles. The number of nitrogens with one attached hydrogen (secondary N) is 4. The Bertz CT molecular complexity index is 982. The average molecular weight is 455 g/mol. The van der Waals surface area contributed by atoms with Gasteiger partial charge in [0.05, 0.1) is 19.1 Å². The Hall–Kier alpha value is -2.43. The zero-order chi connectivity index (χ0) is 22.5. The van der Waals surface area contributed by atoms with Gasteiger partial charge in [0.2, 0.25) is 0 Å². The van der Waals surface area contributed by atoms with Crippen LogP contribution in [0.3, 0.4) is 0 Å². The van der Waals surface area contributed by atoms with Crippen LogP contribution in [0.4, 0.5) is 16.3 Å². The van der Waals surface area contributed by atoms with E-state index in [9.17, 15) is 13.2 Å². The van der Waals surface area contributed by atoms with Crippen LogP contribution in [0.5, 0.6) is 0 Å². The van der Waals surface area contributed by atoms with Crippen molar-refractivity contribution in [2.45, 2.75) is 44.6 Å². The highest BCUT2D eigenvalue weighted by Crippen LogP contribution is 2.35. The molecule has 0 saturated heterocycles. The van der Waals surface area contributed by atoms with Crippen LogP contribution >= 0.6 is 11.6 Å². The molecule has 1 heterocycles. The normalized spacial score (nSPS) is 11.6. The molecule has 9 nitrogen and oxygen atoms in total. The lowest BCUT2D eigenvalue weighted by molar-refractivity contribution is 0.256. The monoisotopic (exact) mass is 454 g/mol. The first-order chi connectivity index (χ1) is 14.0. The lowest BCUT2D eigenvalue weighted by atomic mass is 9.92. The maximum Gasteiger partial charge on any atom is 0.333 e. The second kappa shape index (κ2) is 10.1. The lowest BCUT2D eigenvalue weighted by Gasteiger charge is -2.21. The molecule has 2 rings (SSSR count). The minimum Gasteiger partial charge on any atom is -0.356 e. The fourth-order valence-corrected chi connectivity index (χ4v) is 3.81. The SMILES string of the molecule is CNCNc1cncc(S(=O)(=O)NC(=O)Nc2c(C(C)C)cc(Cl)cc2C(C)C)n1. The van der Waals surface area contributed by atoms with E-state index in [2.05, 4.69) is 25.9 Å². The molecule has 30 heavy (non-hydrogen) atoms. The number of halogens is 1. The number of carbonyl (C=O) groups excluding carboxylic acids is 1. The molecule has 0 fully saturated rings. The molecule has 0 radical (unpaired) electrons. The number of aromatic nitrogens is 2. The van der Waals surface area contributed by atoms with E-state index in [1.54, 1.807) is 19.2 Å². The molecule has 0 spiro atoms. The van der Waals surface area contributed by atoms with Gasteiger partial charge in [0.15, 0.2) is 5.03 Å². The number of nitrogens with zero attached hydrogens (tertiary/aromatic N) is 2. The van der Waals surface area contributed by atoms with Crippen molar-refractivity contribution in [2.75, 3.05) is 24.3 Å². The molecule has 4 N–H and O–H groups in total. The number of carbonyl (C=O) groups is 1. The number of sulfonamides is 1. The Morgan fingerprint density at radius 1 is 1.10 bits per heavy atom. The third-order valence-corrected chi connectivity index (χ3v) is 5.63.